The number of amides is 1. The molecule has 1 heterocycles. The molecule has 0 saturated carbocycles. The lowest BCUT2D eigenvalue weighted by Gasteiger charge is -2.35. The standard InChI is InChI=1S/C18H27NO4/c1-13-10-16(22-2)17(23-3)11-14(13)12-18(21)19-8-5-4-6-15(19)7-9-20/h10-11,15,20H,4-9,12H2,1-3H3. The Morgan fingerprint density at radius 3 is 2.61 bits per heavy atom. The van der Waals surface area contributed by atoms with E-state index in [2.05, 4.69) is 0 Å². The van der Waals surface area contributed by atoms with Gasteiger partial charge in [-0.05, 0) is 55.9 Å². The van der Waals surface area contributed by atoms with Crippen molar-refractivity contribution in [2.24, 2.45) is 0 Å². The van der Waals surface area contributed by atoms with Crippen molar-refractivity contribution in [1.82, 2.24) is 4.90 Å². The fourth-order valence-electron chi connectivity index (χ4n) is 3.26. The maximum Gasteiger partial charge on any atom is 0.227 e. The summed E-state index contributed by atoms with van der Waals surface area (Å²) in [4.78, 5) is 14.7. The molecule has 1 fully saturated rings. The SMILES string of the molecule is COc1cc(C)c(CC(=O)N2CCCCC2CCO)cc1OC. The zero-order valence-corrected chi connectivity index (χ0v) is 14.3. The van der Waals surface area contributed by atoms with Gasteiger partial charge in [0.2, 0.25) is 5.91 Å². The van der Waals surface area contributed by atoms with Gasteiger partial charge in [-0.3, -0.25) is 4.79 Å². The van der Waals surface area contributed by atoms with Gasteiger partial charge in [0.05, 0.1) is 20.6 Å². The number of piperidine rings is 1. The number of carbonyl (C=O) groups excluding carboxylic acids is 1. The van der Waals surface area contributed by atoms with Gasteiger partial charge in [-0.15, -0.1) is 0 Å². The Bertz CT molecular complexity index is 542. The Balaban J connectivity index is 2.15. The summed E-state index contributed by atoms with van der Waals surface area (Å²) in [5, 5.41) is 9.21. The van der Waals surface area contributed by atoms with Crippen molar-refractivity contribution >= 4 is 5.91 Å². The Morgan fingerprint density at radius 2 is 1.96 bits per heavy atom. The van der Waals surface area contributed by atoms with Crippen molar-refractivity contribution in [3.05, 3.63) is 23.3 Å². The highest BCUT2D eigenvalue weighted by molar-refractivity contribution is 5.80. The third kappa shape index (κ3) is 4.16. The lowest BCUT2D eigenvalue weighted by molar-refractivity contribution is -0.134. The van der Waals surface area contributed by atoms with Gasteiger partial charge < -0.3 is 19.5 Å². The van der Waals surface area contributed by atoms with E-state index < -0.39 is 0 Å². The van der Waals surface area contributed by atoms with Crippen LogP contribution < -0.4 is 9.47 Å². The molecule has 1 amide bonds. The predicted octanol–water partition coefficient (Wildman–Crippen LogP) is 2.32. The number of methoxy groups -OCH3 is 2. The van der Waals surface area contributed by atoms with Crippen LogP contribution in [0.4, 0.5) is 0 Å². The van der Waals surface area contributed by atoms with E-state index in [4.69, 9.17) is 9.47 Å². The summed E-state index contributed by atoms with van der Waals surface area (Å²) in [5.41, 5.74) is 1.98. The molecule has 1 atom stereocenters. The van der Waals surface area contributed by atoms with E-state index in [1.807, 2.05) is 24.0 Å². The number of aliphatic hydroxyl groups excluding tert-OH is 1. The number of nitrogens with zero attached hydrogens (tertiary/aromatic N) is 1. The van der Waals surface area contributed by atoms with Gasteiger partial charge >= 0.3 is 0 Å². The first-order valence-electron chi connectivity index (χ1n) is 8.22. The minimum absolute atomic E-state index is 0.124. The van der Waals surface area contributed by atoms with Gasteiger partial charge in [-0.25, -0.2) is 0 Å². The van der Waals surface area contributed by atoms with Gasteiger partial charge in [0.15, 0.2) is 11.5 Å². The minimum Gasteiger partial charge on any atom is -0.493 e. The maximum atomic E-state index is 12.7. The quantitative estimate of drug-likeness (QED) is 0.873. The van der Waals surface area contributed by atoms with Gasteiger partial charge in [-0.1, -0.05) is 0 Å². The van der Waals surface area contributed by atoms with E-state index in [1.165, 1.54) is 0 Å². The van der Waals surface area contributed by atoms with Crippen LogP contribution in [0.1, 0.15) is 36.8 Å². The van der Waals surface area contributed by atoms with Crippen molar-refractivity contribution < 1.29 is 19.4 Å². The number of hydrogen-bond donors (Lipinski definition) is 1. The lowest BCUT2D eigenvalue weighted by atomic mass is 9.97. The molecule has 1 N–H and O–H groups in total. The number of carbonyl (C=O) groups is 1. The monoisotopic (exact) mass is 321 g/mol. The van der Waals surface area contributed by atoms with Crippen LogP contribution in [0.2, 0.25) is 0 Å². The highest BCUT2D eigenvalue weighted by Crippen LogP contribution is 2.31. The maximum absolute atomic E-state index is 12.7. The number of rotatable bonds is 6. The number of aliphatic hydroxyl groups is 1. The zero-order valence-electron chi connectivity index (χ0n) is 14.3. The average Bonchev–Trinajstić information content (AvgIpc) is 2.57. The fraction of sp³-hybridized carbons (Fsp3) is 0.611. The number of benzene rings is 1. The van der Waals surface area contributed by atoms with Crippen molar-refractivity contribution in [2.75, 3.05) is 27.4 Å². The molecule has 0 bridgehead atoms. The van der Waals surface area contributed by atoms with Gasteiger partial charge in [0.25, 0.3) is 0 Å². The Kier molecular flexibility index (Phi) is 6.28. The molecule has 1 saturated heterocycles. The number of likely N-dealkylation sites (tertiary alicyclic amines) is 1. The third-order valence-corrected chi connectivity index (χ3v) is 4.59. The largest absolute Gasteiger partial charge is 0.493 e. The summed E-state index contributed by atoms with van der Waals surface area (Å²) in [6.07, 6.45) is 4.17. The molecule has 1 aromatic rings. The highest BCUT2D eigenvalue weighted by Gasteiger charge is 2.26. The first-order valence-corrected chi connectivity index (χ1v) is 8.22. The third-order valence-electron chi connectivity index (χ3n) is 4.59. The van der Waals surface area contributed by atoms with Crippen LogP contribution in [0, 0.1) is 6.92 Å². The molecule has 23 heavy (non-hydrogen) atoms. The van der Waals surface area contributed by atoms with Crippen molar-refractivity contribution in [3.8, 4) is 11.5 Å². The van der Waals surface area contributed by atoms with Crippen LogP contribution in [0.15, 0.2) is 12.1 Å². The van der Waals surface area contributed by atoms with Crippen LogP contribution in [0.5, 0.6) is 11.5 Å². The van der Waals surface area contributed by atoms with E-state index in [0.29, 0.717) is 24.3 Å². The van der Waals surface area contributed by atoms with E-state index in [0.717, 1.165) is 36.9 Å². The van der Waals surface area contributed by atoms with E-state index in [-0.39, 0.29) is 18.6 Å². The lowest BCUT2D eigenvalue weighted by Crippen LogP contribution is -2.44. The van der Waals surface area contributed by atoms with Crippen LogP contribution in [-0.4, -0.2) is 49.3 Å². The molecule has 128 valence electrons. The van der Waals surface area contributed by atoms with Crippen molar-refractivity contribution in [2.45, 2.75) is 45.1 Å². The van der Waals surface area contributed by atoms with Crippen molar-refractivity contribution in [3.63, 3.8) is 0 Å². The second-order valence-electron chi connectivity index (χ2n) is 6.06. The molecule has 0 spiro atoms. The highest BCUT2D eigenvalue weighted by atomic mass is 16.5. The normalized spacial score (nSPS) is 17.9. The molecule has 0 aromatic heterocycles. The number of hydrogen-bond acceptors (Lipinski definition) is 4. The molecule has 5 heteroatoms. The van der Waals surface area contributed by atoms with Gasteiger partial charge in [0, 0.05) is 19.2 Å². The Morgan fingerprint density at radius 1 is 1.26 bits per heavy atom. The first kappa shape index (κ1) is 17.6. The predicted molar refractivity (Wildman–Crippen MR) is 89.0 cm³/mol. The molecule has 1 aromatic carbocycles. The number of ether oxygens (including phenoxy) is 2. The minimum atomic E-state index is 0.124. The topological polar surface area (TPSA) is 59.0 Å². The smallest absolute Gasteiger partial charge is 0.227 e. The molecule has 1 aliphatic heterocycles. The second kappa shape index (κ2) is 8.20. The Hall–Kier alpha value is -1.75. The second-order valence-corrected chi connectivity index (χ2v) is 6.06. The van der Waals surface area contributed by atoms with Crippen LogP contribution in [0.3, 0.4) is 0 Å². The van der Waals surface area contributed by atoms with Crippen LogP contribution in [-0.2, 0) is 11.2 Å². The summed E-state index contributed by atoms with van der Waals surface area (Å²) in [7, 11) is 3.20. The fourth-order valence-corrected chi connectivity index (χ4v) is 3.26. The first-order chi connectivity index (χ1) is 11.1. The molecular weight excluding hydrogens is 294 g/mol. The van der Waals surface area contributed by atoms with Gasteiger partial charge in [-0.2, -0.15) is 0 Å². The molecule has 0 aliphatic carbocycles. The summed E-state index contributed by atoms with van der Waals surface area (Å²) in [6, 6.07) is 3.96. The Labute approximate surface area is 138 Å². The van der Waals surface area contributed by atoms with Crippen LogP contribution in [0.25, 0.3) is 0 Å². The molecule has 5 nitrogen and oxygen atoms in total. The number of aryl methyl sites for hydroxylation is 1. The average molecular weight is 321 g/mol. The van der Waals surface area contributed by atoms with E-state index >= 15 is 0 Å². The molecule has 0 radical (unpaired) electrons. The van der Waals surface area contributed by atoms with E-state index in [9.17, 15) is 9.90 Å². The molecular formula is C18H27NO4. The zero-order chi connectivity index (χ0) is 16.8. The summed E-state index contributed by atoms with van der Waals surface area (Å²) < 4.78 is 10.6. The van der Waals surface area contributed by atoms with Crippen LogP contribution >= 0.6 is 0 Å². The summed E-state index contributed by atoms with van der Waals surface area (Å²) in [5.74, 6) is 1.45. The van der Waals surface area contributed by atoms with E-state index in [1.54, 1.807) is 14.2 Å². The molecule has 2 rings (SSSR count). The molecule has 1 unspecified atom stereocenters. The van der Waals surface area contributed by atoms with Crippen molar-refractivity contribution in [1.29, 1.82) is 0 Å². The van der Waals surface area contributed by atoms with Gasteiger partial charge in [0.1, 0.15) is 0 Å². The summed E-state index contributed by atoms with van der Waals surface area (Å²) >= 11 is 0. The molecule has 1 aliphatic rings. The summed E-state index contributed by atoms with van der Waals surface area (Å²) in [6.45, 7) is 2.89.